The highest BCUT2D eigenvalue weighted by Gasteiger charge is 2.21. The molecule has 0 saturated carbocycles. The minimum absolute atomic E-state index is 0.262. The second-order valence-corrected chi connectivity index (χ2v) is 7.09. The van der Waals surface area contributed by atoms with Crippen LogP contribution in [0.1, 0.15) is 16.8 Å². The number of ether oxygens (including phenoxy) is 4. The Bertz CT molecular complexity index is 1110. The summed E-state index contributed by atoms with van der Waals surface area (Å²) in [6.07, 6.45) is 2.53. The van der Waals surface area contributed by atoms with E-state index in [9.17, 15) is 4.79 Å². The molecule has 0 fully saturated rings. The summed E-state index contributed by atoms with van der Waals surface area (Å²) in [4.78, 5) is 13.0. The van der Waals surface area contributed by atoms with E-state index in [4.69, 9.17) is 18.9 Å². The van der Waals surface area contributed by atoms with Crippen LogP contribution in [0.3, 0.4) is 0 Å². The molecule has 1 amide bonds. The minimum Gasteiger partial charge on any atom is -0.490 e. The lowest BCUT2D eigenvalue weighted by Crippen LogP contribution is -2.16. The summed E-state index contributed by atoms with van der Waals surface area (Å²) < 4.78 is 24.2. The topological polar surface area (TPSA) is 83.8 Å². The van der Waals surface area contributed by atoms with E-state index in [1.54, 1.807) is 36.1 Å². The Balaban J connectivity index is 1.43. The van der Waals surface area contributed by atoms with E-state index in [0.717, 1.165) is 12.0 Å². The number of nitrogens with one attached hydrogen (secondary N) is 1. The second kappa shape index (κ2) is 7.62. The molecule has 2 aliphatic heterocycles. The number of nitrogens with zero attached hydrogens (tertiary/aromatic N) is 2. The van der Waals surface area contributed by atoms with Crippen molar-refractivity contribution in [2.24, 2.45) is 7.05 Å². The van der Waals surface area contributed by atoms with E-state index in [0.29, 0.717) is 66.4 Å². The lowest BCUT2D eigenvalue weighted by molar-refractivity contribution is 0.102. The number of aryl methyl sites for hydroxylation is 1. The van der Waals surface area contributed by atoms with E-state index in [1.165, 1.54) is 0 Å². The van der Waals surface area contributed by atoms with Gasteiger partial charge in [0.15, 0.2) is 23.0 Å². The largest absolute Gasteiger partial charge is 0.490 e. The van der Waals surface area contributed by atoms with Crippen molar-refractivity contribution in [1.82, 2.24) is 9.78 Å². The lowest BCUT2D eigenvalue weighted by Gasteiger charge is -2.19. The number of benzene rings is 2. The highest BCUT2D eigenvalue weighted by atomic mass is 16.6. The summed E-state index contributed by atoms with van der Waals surface area (Å²) in [5.41, 5.74) is 2.44. The Morgan fingerprint density at radius 1 is 0.900 bits per heavy atom. The quantitative estimate of drug-likeness (QED) is 0.718. The number of aromatic nitrogens is 2. The van der Waals surface area contributed by atoms with E-state index < -0.39 is 0 Å². The molecule has 1 N–H and O–H groups in total. The molecule has 0 aliphatic carbocycles. The summed E-state index contributed by atoms with van der Waals surface area (Å²) in [6, 6.07) is 10.9. The molecular weight excluding hydrogens is 386 g/mol. The van der Waals surface area contributed by atoms with Crippen molar-refractivity contribution in [3.63, 3.8) is 0 Å². The average molecular weight is 407 g/mol. The fourth-order valence-corrected chi connectivity index (χ4v) is 3.50. The molecule has 2 aliphatic rings. The summed E-state index contributed by atoms with van der Waals surface area (Å²) in [5.74, 6) is 2.40. The molecule has 154 valence electrons. The molecule has 0 bridgehead atoms. The fourth-order valence-electron chi connectivity index (χ4n) is 3.50. The van der Waals surface area contributed by atoms with Crippen molar-refractivity contribution in [3.8, 4) is 34.3 Å². The molecule has 3 aromatic rings. The zero-order chi connectivity index (χ0) is 20.5. The maximum Gasteiger partial charge on any atom is 0.259 e. The van der Waals surface area contributed by atoms with E-state index in [2.05, 4.69) is 10.4 Å². The second-order valence-electron chi connectivity index (χ2n) is 7.09. The number of hydrogen-bond donors (Lipinski definition) is 1. The van der Waals surface area contributed by atoms with Crippen LogP contribution in [0.4, 0.5) is 5.69 Å². The monoisotopic (exact) mass is 407 g/mol. The van der Waals surface area contributed by atoms with Crippen LogP contribution in [-0.4, -0.2) is 42.1 Å². The van der Waals surface area contributed by atoms with Crippen LogP contribution in [0, 0.1) is 0 Å². The molecule has 8 heteroatoms. The number of carbonyl (C=O) groups is 1. The van der Waals surface area contributed by atoms with Gasteiger partial charge in [-0.1, -0.05) is 0 Å². The van der Waals surface area contributed by atoms with Crippen LogP contribution in [0.5, 0.6) is 23.0 Å². The maximum atomic E-state index is 13.0. The molecule has 0 radical (unpaired) electrons. The number of fused-ring (bicyclic) bond motifs is 2. The number of anilines is 1. The van der Waals surface area contributed by atoms with Crippen molar-refractivity contribution >= 4 is 11.6 Å². The number of amides is 1. The van der Waals surface area contributed by atoms with Gasteiger partial charge in [0.25, 0.3) is 5.91 Å². The van der Waals surface area contributed by atoms with Crippen LogP contribution in [0.2, 0.25) is 0 Å². The number of hydrogen-bond acceptors (Lipinski definition) is 6. The lowest BCUT2D eigenvalue weighted by atomic mass is 10.1. The van der Waals surface area contributed by atoms with Crippen molar-refractivity contribution in [2.45, 2.75) is 6.42 Å². The summed E-state index contributed by atoms with van der Waals surface area (Å²) in [5, 5.41) is 7.42. The predicted octanol–water partition coefficient (Wildman–Crippen LogP) is 3.27. The SMILES string of the molecule is Cn1cc(C(=O)Nc2ccc3c(c2)OCCO3)c(-c2ccc3c(c2)OCCCO3)n1. The van der Waals surface area contributed by atoms with E-state index in [1.807, 2.05) is 18.2 Å². The molecule has 0 spiro atoms. The highest BCUT2D eigenvalue weighted by molar-refractivity contribution is 6.08. The Hall–Kier alpha value is -3.68. The van der Waals surface area contributed by atoms with Crippen LogP contribution >= 0.6 is 0 Å². The summed E-state index contributed by atoms with van der Waals surface area (Å²) >= 11 is 0. The van der Waals surface area contributed by atoms with Crippen LogP contribution in [0.15, 0.2) is 42.6 Å². The molecule has 0 atom stereocenters. The van der Waals surface area contributed by atoms with E-state index in [-0.39, 0.29) is 5.91 Å². The normalized spacial score (nSPS) is 14.7. The third-order valence-electron chi connectivity index (χ3n) is 4.89. The first-order valence-electron chi connectivity index (χ1n) is 9.82. The molecule has 2 aromatic carbocycles. The third-order valence-corrected chi connectivity index (χ3v) is 4.89. The molecule has 8 nitrogen and oxygen atoms in total. The standard InChI is InChI=1S/C22H21N3O5/c1-25-13-16(22(26)23-15-4-6-18-20(12-15)30-10-9-29-18)21(24-25)14-3-5-17-19(11-14)28-8-2-7-27-17/h3-6,11-13H,2,7-10H2,1H3,(H,23,26). The zero-order valence-corrected chi connectivity index (χ0v) is 16.5. The first kappa shape index (κ1) is 18.4. The van der Waals surface area contributed by atoms with Gasteiger partial charge < -0.3 is 24.3 Å². The van der Waals surface area contributed by atoms with Gasteiger partial charge >= 0.3 is 0 Å². The van der Waals surface area contributed by atoms with Crippen LogP contribution < -0.4 is 24.3 Å². The maximum absolute atomic E-state index is 13.0. The molecule has 5 rings (SSSR count). The minimum atomic E-state index is -0.262. The Morgan fingerprint density at radius 2 is 1.57 bits per heavy atom. The molecule has 1 aromatic heterocycles. The van der Waals surface area contributed by atoms with Crippen LogP contribution in [0.25, 0.3) is 11.3 Å². The van der Waals surface area contributed by atoms with Gasteiger partial charge in [0.2, 0.25) is 0 Å². The Labute approximate surface area is 173 Å². The number of carbonyl (C=O) groups excluding carboxylic acids is 1. The Morgan fingerprint density at radius 3 is 2.40 bits per heavy atom. The fraction of sp³-hybridized carbons (Fsp3) is 0.273. The summed E-state index contributed by atoms with van der Waals surface area (Å²) in [7, 11) is 1.79. The first-order chi connectivity index (χ1) is 14.7. The molecular formula is C22H21N3O5. The van der Waals surface area contributed by atoms with Gasteiger partial charge in [0, 0.05) is 37.0 Å². The van der Waals surface area contributed by atoms with Crippen LogP contribution in [-0.2, 0) is 7.05 Å². The van der Waals surface area contributed by atoms with Crippen molar-refractivity contribution < 1.29 is 23.7 Å². The molecule has 0 saturated heterocycles. The average Bonchev–Trinajstić information content (AvgIpc) is 3.00. The van der Waals surface area contributed by atoms with Crippen molar-refractivity contribution in [1.29, 1.82) is 0 Å². The number of rotatable bonds is 3. The zero-order valence-electron chi connectivity index (χ0n) is 16.5. The smallest absolute Gasteiger partial charge is 0.259 e. The summed E-state index contributed by atoms with van der Waals surface area (Å²) in [6.45, 7) is 2.23. The van der Waals surface area contributed by atoms with Gasteiger partial charge in [0.05, 0.1) is 18.8 Å². The highest BCUT2D eigenvalue weighted by Crippen LogP contribution is 2.36. The molecule has 3 heterocycles. The Kier molecular flexibility index (Phi) is 4.66. The van der Waals surface area contributed by atoms with Gasteiger partial charge in [-0.25, -0.2) is 0 Å². The van der Waals surface area contributed by atoms with Gasteiger partial charge in [-0.2, -0.15) is 5.10 Å². The van der Waals surface area contributed by atoms with E-state index >= 15 is 0 Å². The predicted molar refractivity (Wildman–Crippen MR) is 110 cm³/mol. The van der Waals surface area contributed by atoms with Crippen molar-refractivity contribution in [2.75, 3.05) is 31.7 Å². The first-order valence-corrected chi connectivity index (χ1v) is 9.82. The van der Waals surface area contributed by atoms with Crippen molar-refractivity contribution in [3.05, 3.63) is 48.2 Å². The van der Waals surface area contributed by atoms with Gasteiger partial charge in [0.1, 0.15) is 18.9 Å². The third kappa shape index (κ3) is 3.52. The molecule has 0 unspecified atom stereocenters. The van der Waals surface area contributed by atoms with Gasteiger partial charge in [-0.15, -0.1) is 0 Å². The van der Waals surface area contributed by atoms with Gasteiger partial charge in [-0.05, 0) is 30.3 Å². The molecule has 30 heavy (non-hydrogen) atoms. The van der Waals surface area contributed by atoms with Gasteiger partial charge in [-0.3, -0.25) is 9.48 Å².